The van der Waals surface area contributed by atoms with E-state index in [0.29, 0.717) is 15.2 Å². The van der Waals surface area contributed by atoms with E-state index in [1.807, 2.05) is 0 Å². The van der Waals surface area contributed by atoms with Crippen molar-refractivity contribution < 1.29 is 17.9 Å². The number of furan rings is 1. The Morgan fingerprint density at radius 2 is 2.05 bits per heavy atom. The maximum absolute atomic E-state index is 12.0. The summed E-state index contributed by atoms with van der Waals surface area (Å²) < 4.78 is 31.9. The molecule has 19 heavy (non-hydrogen) atoms. The van der Waals surface area contributed by atoms with Crippen LogP contribution in [0.3, 0.4) is 0 Å². The second kappa shape index (κ2) is 5.54. The van der Waals surface area contributed by atoms with E-state index in [0.717, 1.165) is 0 Å². The number of rotatable bonds is 4. The normalized spacial score (nSPS) is 11.5. The molecular weight excluding hydrogens is 358 g/mol. The summed E-state index contributed by atoms with van der Waals surface area (Å²) in [6.45, 7) is -0.359. The van der Waals surface area contributed by atoms with Crippen LogP contribution in [-0.2, 0) is 16.6 Å². The second-order valence-corrected chi connectivity index (χ2v) is 6.49. The van der Waals surface area contributed by atoms with Crippen LogP contribution in [0.1, 0.15) is 5.76 Å². The molecule has 8 heteroatoms. The summed E-state index contributed by atoms with van der Waals surface area (Å²) in [4.78, 5) is 0. The Balaban J connectivity index is 2.28. The Labute approximate surface area is 123 Å². The highest BCUT2D eigenvalue weighted by molar-refractivity contribution is 9.10. The molecule has 2 aromatic rings. The predicted octanol–water partition coefficient (Wildman–Crippen LogP) is 2.99. The minimum Gasteiger partial charge on any atom is -0.445 e. The molecule has 1 aromatic carbocycles. The number of anilines is 1. The Morgan fingerprint density at radius 3 is 2.63 bits per heavy atom. The number of aliphatic hydroxyl groups excluding tert-OH is 1. The van der Waals surface area contributed by atoms with Gasteiger partial charge in [-0.25, -0.2) is 0 Å². The summed E-state index contributed by atoms with van der Waals surface area (Å²) in [7, 11) is -3.82. The second-order valence-electron chi connectivity index (χ2n) is 3.61. The lowest BCUT2D eigenvalue weighted by molar-refractivity contribution is 0.236. The number of hydrogen-bond acceptors (Lipinski definition) is 4. The van der Waals surface area contributed by atoms with Gasteiger partial charge in [0.1, 0.15) is 12.4 Å². The molecule has 0 aliphatic rings. The van der Waals surface area contributed by atoms with Gasteiger partial charge in [-0.1, -0.05) is 11.6 Å². The van der Waals surface area contributed by atoms with E-state index in [1.165, 1.54) is 24.3 Å². The summed E-state index contributed by atoms with van der Waals surface area (Å²) in [6.07, 6.45) is 0. The standard InChI is InChI=1S/C11H9BrClNO4S/c12-9-5-7(1-3-10(9)13)14-19(16,17)11-4-2-8(6-15)18-11/h1-5,14-15H,6H2. The first kappa shape index (κ1) is 14.4. The zero-order valence-corrected chi connectivity index (χ0v) is 12.6. The molecule has 0 unspecified atom stereocenters. The maximum Gasteiger partial charge on any atom is 0.295 e. The predicted molar refractivity (Wildman–Crippen MR) is 74.6 cm³/mol. The molecule has 0 amide bonds. The molecule has 0 atom stereocenters. The van der Waals surface area contributed by atoms with Crippen LogP contribution in [-0.4, -0.2) is 13.5 Å². The van der Waals surface area contributed by atoms with Gasteiger partial charge in [0.05, 0.1) is 10.7 Å². The van der Waals surface area contributed by atoms with Crippen molar-refractivity contribution in [3.8, 4) is 0 Å². The highest BCUT2D eigenvalue weighted by atomic mass is 79.9. The van der Waals surface area contributed by atoms with Crippen LogP contribution in [0.5, 0.6) is 0 Å². The average Bonchev–Trinajstić information content (AvgIpc) is 2.83. The van der Waals surface area contributed by atoms with Crippen LogP contribution in [0, 0.1) is 0 Å². The third kappa shape index (κ3) is 3.30. The number of benzene rings is 1. The zero-order valence-electron chi connectivity index (χ0n) is 9.43. The molecule has 2 rings (SSSR count). The van der Waals surface area contributed by atoms with Crippen molar-refractivity contribution in [2.24, 2.45) is 0 Å². The lowest BCUT2D eigenvalue weighted by Crippen LogP contribution is -2.12. The van der Waals surface area contributed by atoms with Crippen LogP contribution in [0.25, 0.3) is 0 Å². The molecule has 0 spiro atoms. The summed E-state index contributed by atoms with van der Waals surface area (Å²) in [5, 5.41) is 9.06. The smallest absolute Gasteiger partial charge is 0.295 e. The van der Waals surface area contributed by atoms with Gasteiger partial charge in [0.25, 0.3) is 10.0 Å². The fourth-order valence-corrected chi connectivity index (χ4v) is 2.85. The van der Waals surface area contributed by atoms with Gasteiger partial charge in [-0.2, -0.15) is 8.42 Å². The number of aliphatic hydroxyl groups is 1. The van der Waals surface area contributed by atoms with Gasteiger partial charge >= 0.3 is 0 Å². The van der Waals surface area contributed by atoms with Crippen molar-refractivity contribution >= 4 is 43.2 Å². The molecule has 0 radical (unpaired) electrons. The van der Waals surface area contributed by atoms with Gasteiger partial charge in [-0.3, -0.25) is 4.72 Å². The van der Waals surface area contributed by atoms with E-state index >= 15 is 0 Å². The Bertz CT molecular complexity index is 698. The van der Waals surface area contributed by atoms with Crippen LogP contribution < -0.4 is 4.72 Å². The van der Waals surface area contributed by atoms with Gasteiger partial charge in [-0.05, 0) is 46.3 Å². The van der Waals surface area contributed by atoms with E-state index < -0.39 is 10.0 Å². The molecule has 0 bridgehead atoms. The molecule has 1 heterocycles. The zero-order chi connectivity index (χ0) is 14.0. The first-order chi connectivity index (χ1) is 8.92. The third-order valence-corrected chi connectivity index (χ3v) is 4.70. The van der Waals surface area contributed by atoms with Gasteiger partial charge in [0, 0.05) is 4.47 Å². The van der Waals surface area contributed by atoms with Crippen molar-refractivity contribution in [1.29, 1.82) is 0 Å². The monoisotopic (exact) mass is 365 g/mol. The molecule has 5 nitrogen and oxygen atoms in total. The average molecular weight is 367 g/mol. The molecule has 0 fully saturated rings. The van der Waals surface area contributed by atoms with E-state index in [4.69, 9.17) is 21.1 Å². The quantitative estimate of drug-likeness (QED) is 0.872. The minimum atomic E-state index is -3.82. The number of hydrogen-bond donors (Lipinski definition) is 2. The van der Waals surface area contributed by atoms with Crippen LogP contribution in [0.4, 0.5) is 5.69 Å². The molecule has 0 saturated carbocycles. The summed E-state index contributed by atoms with van der Waals surface area (Å²) in [5.41, 5.74) is 0.346. The summed E-state index contributed by atoms with van der Waals surface area (Å²) in [5.74, 6) is 0.178. The molecule has 102 valence electrons. The molecule has 0 aliphatic carbocycles. The largest absolute Gasteiger partial charge is 0.445 e. The van der Waals surface area contributed by atoms with Crippen molar-refractivity contribution in [1.82, 2.24) is 0 Å². The van der Waals surface area contributed by atoms with Gasteiger partial charge in [0.15, 0.2) is 0 Å². The number of nitrogens with one attached hydrogen (secondary N) is 1. The maximum atomic E-state index is 12.0. The number of sulfonamides is 1. The van der Waals surface area contributed by atoms with E-state index in [9.17, 15) is 8.42 Å². The Kier molecular flexibility index (Phi) is 4.19. The molecule has 2 N–H and O–H groups in total. The van der Waals surface area contributed by atoms with Crippen molar-refractivity contribution in [2.75, 3.05) is 4.72 Å². The molecule has 1 aromatic heterocycles. The first-order valence-corrected chi connectivity index (χ1v) is 7.75. The van der Waals surface area contributed by atoms with E-state index in [2.05, 4.69) is 20.7 Å². The van der Waals surface area contributed by atoms with E-state index in [-0.39, 0.29) is 17.5 Å². The van der Waals surface area contributed by atoms with Crippen molar-refractivity contribution in [2.45, 2.75) is 11.7 Å². The Morgan fingerprint density at radius 1 is 1.32 bits per heavy atom. The lowest BCUT2D eigenvalue weighted by atomic mass is 10.3. The first-order valence-electron chi connectivity index (χ1n) is 5.10. The van der Waals surface area contributed by atoms with Crippen molar-refractivity contribution in [3.63, 3.8) is 0 Å². The highest BCUT2D eigenvalue weighted by Crippen LogP contribution is 2.27. The molecule has 0 aliphatic heterocycles. The van der Waals surface area contributed by atoms with Crippen LogP contribution >= 0.6 is 27.5 Å². The number of halogens is 2. The summed E-state index contributed by atoms with van der Waals surface area (Å²) in [6, 6.07) is 7.30. The Hall–Kier alpha value is -1.02. The fourth-order valence-electron chi connectivity index (χ4n) is 1.35. The summed E-state index contributed by atoms with van der Waals surface area (Å²) >= 11 is 9.02. The third-order valence-electron chi connectivity index (χ3n) is 2.23. The van der Waals surface area contributed by atoms with Crippen LogP contribution in [0.15, 0.2) is 44.3 Å². The fraction of sp³-hybridized carbons (Fsp3) is 0.0909. The van der Waals surface area contributed by atoms with Crippen LogP contribution in [0.2, 0.25) is 5.02 Å². The topological polar surface area (TPSA) is 79.5 Å². The van der Waals surface area contributed by atoms with Gasteiger partial charge in [-0.15, -0.1) is 0 Å². The highest BCUT2D eigenvalue weighted by Gasteiger charge is 2.19. The SMILES string of the molecule is O=S(=O)(Nc1ccc(Cl)c(Br)c1)c1ccc(CO)o1. The lowest BCUT2D eigenvalue weighted by Gasteiger charge is -2.06. The van der Waals surface area contributed by atoms with E-state index in [1.54, 1.807) is 6.07 Å². The van der Waals surface area contributed by atoms with Crippen molar-refractivity contribution in [3.05, 3.63) is 45.6 Å². The van der Waals surface area contributed by atoms with Gasteiger partial charge in [0.2, 0.25) is 5.09 Å². The molecular formula is C11H9BrClNO4S. The van der Waals surface area contributed by atoms with Gasteiger partial charge < -0.3 is 9.52 Å². The minimum absolute atomic E-state index is 0.178. The molecule has 0 saturated heterocycles.